The highest BCUT2D eigenvalue weighted by molar-refractivity contribution is 7.89. The van der Waals surface area contributed by atoms with Crippen LogP contribution in [0.1, 0.15) is 6.42 Å². The number of amides is 1. The summed E-state index contributed by atoms with van der Waals surface area (Å²) in [6, 6.07) is 4.09. The quantitative estimate of drug-likeness (QED) is 0.669. The van der Waals surface area contributed by atoms with Gasteiger partial charge in [-0.25, -0.2) is 13.1 Å². The lowest BCUT2D eigenvalue weighted by molar-refractivity contribution is -0.127. The molecule has 2 rings (SSSR count). The average Bonchev–Trinajstić information content (AvgIpc) is 2.73. The number of nitrogens with two attached hydrogens (primary N) is 1. The Balaban J connectivity index is 2.21. The summed E-state index contributed by atoms with van der Waals surface area (Å²) in [4.78, 5) is 13.6. The summed E-state index contributed by atoms with van der Waals surface area (Å²) in [5.74, 6) is 0.0105. The van der Waals surface area contributed by atoms with E-state index in [0.29, 0.717) is 24.3 Å². The largest absolute Gasteiger partial charge is 0.397 e. The van der Waals surface area contributed by atoms with E-state index in [-0.39, 0.29) is 16.8 Å². The van der Waals surface area contributed by atoms with E-state index in [4.69, 9.17) is 5.73 Å². The Bertz CT molecular complexity index is 630. The molecule has 1 aliphatic rings. The molecule has 0 radical (unpaired) electrons. The second kappa shape index (κ2) is 5.29. The van der Waals surface area contributed by atoms with Crippen molar-refractivity contribution in [2.45, 2.75) is 17.4 Å². The predicted octanol–water partition coefficient (Wildman–Crippen LogP) is -0.180. The highest BCUT2D eigenvalue weighted by Gasteiger charge is 2.29. The molecule has 0 spiro atoms. The van der Waals surface area contributed by atoms with Gasteiger partial charge in [0.1, 0.15) is 6.04 Å². The highest BCUT2D eigenvalue weighted by Crippen LogP contribution is 2.25. The topological polar surface area (TPSA) is 105 Å². The average molecular weight is 298 g/mol. The fourth-order valence-corrected chi connectivity index (χ4v) is 2.87. The van der Waals surface area contributed by atoms with Gasteiger partial charge >= 0.3 is 0 Å². The molecule has 1 aromatic rings. The molecule has 1 fully saturated rings. The first kappa shape index (κ1) is 14.6. The van der Waals surface area contributed by atoms with Gasteiger partial charge in [-0.15, -0.1) is 0 Å². The normalized spacial score (nSPS) is 19.4. The zero-order valence-electron chi connectivity index (χ0n) is 11.4. The molecular formula is C12H18N4O3S. The minimum Gasteiger partial charge on any atom is -0.397 e. The summed E-state index contributed by atoms with van der Waals surface area (Å²) in [5.41, 5.74) is 6.71. The van der Waals surface area contributed by atoms with Crippen LogP contribution in [0.4, 0.5) is 11.4 Å². The second-order valence-corrected chi connectivity index (χ2v) is 6.59. The third-order valence-corrected chi connectivity index (χ3v) is 4.77. The van der Waals surface area contributed by atoms with Crippen LogP contribution in [0.2, 0.25) is 0 Å². The first-order valence-corrected chi connectivity index (χ1v) is 7.68. The van der Waals surface area contributed by atoms with Crippen molar-refractivity contribution in [2.75, 3.05) is 31.7 Å². The van der Waals surface area contributed by atoms with Crippen molar-refractivity contribution in [3.05, 3.63) is 18.2 Å². The van der Waals surface area contributed by atoms with Gasteiger partial charge in [0.05, 0.1) is 16.3 Å². The molecule has 0 aliphatic carbocycles. The number of rotatable bonds is 4. The number of hydrogen-bond acceptors (Lipinski definition) is 5. The summed E-state index contributed by atoms with van der Waals surface area (Å²) in [7, 11) is -0.433. The van der Waals surface area contributed by atoms with E-state index >= 15 is 0 Å². The third-order valence-electron chi connectivity index (χ3n) is 3.36. The lowest BCUT2D eigenvalue weighted by Crippen LogP contribution is -2.31. The van der Waals surface area contributed by atoms with Crippen molar-refractivity contribution in [1.82, 2.24) is 9.62 Å². The van der Waals surface area contributed by atoms with Crippen LogP contribution in [0.3, 0.4) is 0 Å². The molecule has 110 valence electrons. The minimum atomic E-state index is -3.52. The van der Waals surface area contributed by atoms with Crippen molar-refractivity contribution in [1.29, 1.82) is 0 Å². The maximum absolute atomic E-state index is 11.8. The molecule has 0 aromatic heterocycles. The highest BCUT2D eigenvalue weighted by atomic mass is 32.2. The van der Waals surface area contributed by atoms with Gasteiger partial charge < -0.3 is 16.0 Å². The van der Waals surface area contributed by atoms with Crippen LogP contribution in [-0.2, 0) is 14.8 Å². The monoisotopic (exact) mass is 298 g/mol. The molecule has 1 amide bonds. The fourth-order valence-electron chi connectivity index (χ4n) is 2.10. The van der Waals surface area contributed by atoms with E-state index in [0.717, 1.165) is 0 Å². The van der Waals surface area contributed by atoms with E-state index in [1.807, 2.05) is 0 Å². The van der Waals surface area contributed by atoms with Crippen LogP contribution in [0.25, 0.3) is 0 Å². The number of carbonyl (C=O) groups is 1. The second-order valence-electron chi connectivity index (χ2n) is 4.70. The molecule has 20 heavy (non-hydrogen) atoms. The van der Waals surface area contributed by atoms with Gasteiger partial charge in [0.15, 0.2) is 0 Å². The minimum absolute atomic E-state index is 0.0105. The molecule has 1 saturated heterocycles. The number of likely N-dealkylation sites (N-methyl/N-ethyl adjacent to an activating group) is 1. The Morgan fingerprint density at radius 1 is 1.40 bits per heavy atom. The molecule has 1 heterocycles. The number of benzene rings is 1. The Morgan fingerprint density at radius 2 is 2.10 bits per heavy atom. The predicted molar refractivity (Wildman–Crippen MR) is 76.8 cm³/mol. The molecular weight excluding hydrogens is 280 g/mol. The maximum Gasteiger partial charge on any atom is 0.244 e. The molecule has 7 nitrogen and oxygen atoms in total. The van der Waals surface area contributed by atoms with Crippen molar-refractivity contribution in [3.8, 4) is 0 Å². The number of nitrogens with zero attached hydrogens (tertiary/aromatic N) is 1. The first-order valence-electron chi connectivity index (χ1n) is 6.20. The number of anilines is 2. The zero-order valence-corrected chi connectivity index (χ0v) is 12.2. The smallest absolute Gasteiger partial charge is 0.244 e. The van der Waals surface area contributed by atoms with Gasteiger partial charge in [-0.2, -0.15) is 0 Å². The Morgan fingerprint density at radius 3 is 2.60 bits per heavy atom. The van der Waals surface area contributed by atoms with Crippen molar-refractivity contribution in [3.63, 3.8) is 0 Å². The Labute approximate surface area is 118 Å². The summed E-state index contributed by atoms with van der Waals surface area (Å²) < 4.78 is 25.5. The number of sulfonamides is 1. The first-order chi connectivity index (χ1) is 9.35. The van der Waals surface area contributed by atoms with Crippen LogP contribution < -0.4 is 15.8 Å². The summed E-state index contributed by atoms with van der Waals surface area (Å²) in [5, 5.41) is 3.05. The Hall–Kier alpha value is -1.80. The lowest BCUT2D eigenvalue weighted by atomic mass is 10.2. The molecule has 8 heteroatoms. The molecule has 0 saturated carbocycles. The molecule has 0 bridgehead atoms. The van der Waals surface area contributed by atoms with E-state index in [2.05, 4.69) is 10.0 Å². The summed E-state index contributed by atoms with van der Waals surface area (Å²) in [6.45, 7) is 0.697. The summed E-state index contributed by atoms with van der Waals surface area (Å²) >= 11 is 0. The van der Waals surface area contributed by atoms with Crippen molar-refractivity contribution >= 4 is 27.3 Å². The molecule has 1 unspecified atom stereocenters. The Kier molecular flexibility index (Phi) is 3.87. The number of hydrogen-bond donors (Lipinski definition) is 3. The fraction of sp³-hybridized carbons (Fsp3) is 0.417. The SMILES string of the molecule is CNS(=O)(=O)c1ccc(NC2CCN(C)C2=O)c(N)c1. The maximum atomic E-state index is 11.8. The van der Waals surface area contributed by atoms with Crippen molar-refractivity contribution in [2.24, 2.45) is 0 Å². The number of likely N-dealkylation sites (tertiary alicyclic amines) is 1. The van der Waals surface area contributed by atoms with Crippen LogP contribution in [0, 0.1) is 0 Å². The molecule has 4 N–H and O–H groups in total. The van der Waals surface area contributed by atoms with Gasteiger partial charge in [0, 0.05) is 13.6 Å². The third kappa shape index (κ3) is 2.70. The van der Waals surface area contributed by atoms with E-state index < -0.39 is 10.0 Å². The number of carbonyl (C=O) groups excluding carboxylic acids is 1. The molecule has 1 aromatic carbocycles. The zero-order chi connectivity index (χ0) is 14.9. The van der Waals surface area contributed by atoms with Crippen LogP contribution in [-0.4, -0.2) is 45.9 Å². The van der Waals surface area contributed by atoms with Gasteiger partial charge in [-0.1, -0.05) is 0 Å². The molecule has 1 aliphatic heterocycles. The van der Waals surface area contributed by atoms with Gasteiger partial charge in [0.2, 0.25) is 15.9 Å². The van der Waals surface area contributed by atoms with Crippen molar-refractivity contribution < 1.29 is 13.2 Å². The van der Waals surface area contributed by atoms with Crippen LogP contribution >= 0.6 is 0 Å². The van der Waals surface area contributed by atoms with Gasteiger partial charge in [-0.05, 0) is 31.7 Å². The van der Waals surface area contributed by atoms with Crippen LogP contribution in [0.15, 0.2) is 23.1 Å². The number of nitrogens with one attached hydrogen (secondary N) is 2. The van der Waals surface area contributed by atoms with Gasteiger partial charge in [0.25, 0.3) is 0 Å². The van der Waals surface area contributed by atoms with Gasteiger partial charge in [-0.3, -0.25) is 4.79 Å². The number of nitrogen functional groups attached to an aromatic ring is 1. The van der Waals surface area contributed by atoms with E-state index in [9.17, 15) is 13.2 Å². The van der Waals surface area contributed by atoms with Crippen LogP contribution in [0.5, 0.6) is 0 Å². The molecule has 1 atom stereocenters. The summed E-state index contributed by atoms with van der Waals surface area (Å²) in [6.07, 6.45) is 0.700. The van der Waals surface area contributed by atoms with E-state index in [1.165, 1.54) is 19.2 Å². The van der Waals surface area contributed by atoms with E-state index in [1.54, 1.807) is 18.0 Å². The standard InChI is InChI=1S/C12H18N4O3S/c1-14-20(18,19)8-3-4-10(9(13)7-8)15-11-5-6-16(2)12(11)17/h3-4,7,11,14-15H,5-6,13H2,1-2H3. The lowest BCUT2D eigenvalue weighted by Gasteiger charge is -2.15.